The number of tetrazole rings is 1. The van der Waals surface area contributed by atoms with Crippen molar-refractivity contribution in [1.29, 1.82) is 0 Å². The van der Waals surface area contributed by atoms with Crippen LogP contribution >= 0.6 is 0 Å². The van der Waals surface area contributed by atoms with Gasteiger partial charge in [0.05, 0.1) is 12.6 Å². The molecule has 102 valence electrons. The maximum Gasteiger partial charge on any atom is 0.168 e. The molecule has 1 atom stereocenters. The highest BCUT2D eigenvalue weighted by atomic mass is 15.5. The number of rotatable bonds is 5. The van der Waals surface area contributed by atoms with Crippen LogP contribution < -0.4 is 5.32 Å². The highest BCUT2D eigenvalue weighted by molar-refractivity contribution is 5.24. The van der Waals surface area contributed by atoms with E-state index >= 15 is 0 Å². The minimum absolute atomic E-state index is 0.143. The predicted molar refractivity (Wildman–Crippen MR) is 74.9 cm³/mol. The molecule has 0 aliphatic rings. The van der Waals surface area contributed by atoms with Crippen molar-refractivity contribution < 1.29 is 0 Å². The molecule has 0 spiro atoms. The van der Waals surface area contributed by atoms with Gasteiger partial charge in [-0.1, -0.05) is 38.1 Å². The number of aromatic nitrogens is 4. The van der Waals surface area contributed by atoms with Gasteiger partial charge in [0, 0.05) is 0 Å². The predicted octanol–water partition coefficient (Wildman–Crippen LogP) is 2.13. The number of nitrogens with one attached hydrogen (secondary N) is 1. The van der Waals surface area contributed by atoms with Crippen molar-refractivity contribution in [2.24, 2.45) is 0 Å². The third-order valence-electron chi connectivity index (χ3n) is 3.36. The van der Waals surface area contributed by atoms with E-state index in [0.29, 0.717) is 12.5 Å². The van der Waals surface area contributed by atoms with Gasteiger partial charge in [0.1, 0.15) is 0 Å². The van der Waals surface area contributed by atoms with Crippen molar-refractivity contribution >= 4 is 0 Å². The van der Waals surface area contributed by atoms with Crippen LogP contribution in [0.15, 0.2) is 24.3 Å². The Balaban J connectivity index is 2.15. The molecule has 1 aromatic carbocycles. The van der Waals surface area contributed by atoms with Crippen molar-refractivity contribution in [2.75, 3.05) is 7.05 Å². The lowest BCUT2D eigenvalue weighted by Gasteiger charge is -2.11. The topological polar surface area (TPSA) is 55.6 Å². The third-order valence-corrected chi connectivity index (χ3v) is 3.36. The van der Waals surface area contributed by atoms with Gasteiger partial charge in [-0.25, -0.2) is 4.68 Å². The van der Waals surface area contributed by atoms with E-state index in [4.69, 9.17) is 0 Å². The highest BCUT2D eigenvalue weighted by Crippen LogP contribution is 2.16. The average molecular weight is 259 g/mol. The SMILES string of the molecule is CNC(C)c1nnnn1Cc1ccc(C(C)C)cc1. The second-order valence-electron chi connectivity index (χ2n) is 5.10. The molecule has 0 bridgehead atoms. The van der Waals surface area contributed by atoms with Crippen LogP contribution in [0.4, 0.5) is 0 Å². The second kappa shape index (κ2) is 5.93. The Morgan fingerprint density at radius 3 is 2.42 bits per heavy atom. The zero-order valence-corrected chi connectivity index (χ0v) is 12.0. The summed E-state index contributed by atoms with van der Waals surface area (Å²) in [5, 5.41) is 15.0. The normalized spacial score (nSPS) is 12.9. The molecular weight excluding hydrogens is 238 g/mol. The number of nitrogens with zero attached hydrogens (tertiary/aromatic N) is 4. The number of benzene rings is 1. The fourth-order valence-electron chi connectivity index (χ4n) is 1.94. The van der Waals surface area contributed by atoms with Crippen molar-refractivity contribution in [1.82, 2.24) is 25.5 Å². The summed E-state index contributed by atoms with van der Waals surface area (Å²) in [5.74, 6) is 1.41. The van der Waals surface area contributed by atoms with Crippen LogP contribution in [0.3, 0.4) is 0 Å². The Labute approximate surface area is 114 Å². The molecule has 19 heavy (non-hydrogen) atoms. The van der Waals surface area contributed by atoms with Crippen molar-refractivity contribution in [3.63, 3.8) is 0 Å². The molecule has 2 aromatic rings. The van der Waals surface area contributed by atoms with E-state index in [-0.39, 0.29) is 6.04 Å². The lowest BCUT2D eigenvalue weighted by atomic mass is 10.0. The number of hydrogen-bond donors (Lipinski definition) is 1. The minimum Gasteiger partial charge on any atom is -0.311 e. The van der Waals surface area contributed by atoms with Crippen LogP contribution in [0.1, 0.15) is 49.7 Å². The molecule has 1 aromatic heterocycles. The van der Waals surface area contributed by atoms with Gasteiger partial charge >= 0.3 is 0 Å². The lowest BCUT2D eigenvalue weighted by molar-refractivity contribution is 0.540. The smallest absolute Gasteiger partial charge is 0.168 e. The first kappa shape index (κ1) is 13.7. The van der Waals surface area contributed by atoms with E-state index in [2.05, 4.69) is 59.0 Å². The van der Waals surface area contributed by atoms with E-state index in [1.54, 1.807) is 0 Å². The summed E-state index contributed by atoms with van der Waals surface area (Å²) >= 11 is 0. The summed E-state index contributed by atoms with van der Waals surface area (Å²) in [4.78, 5) is 0. The van der Waals surface area contributed by atoms with E-state index in [1.807, 2.05) is 18.7 Å². The van der Waals surface area contributed by atoms with Crippen LogP contribution in [0.5, 0.6) is 0 Å². The molecule has 1 unspecified atom stereocenters. The van der Waals surface area contributed by atoms with E-state index in [1.165, 1.54) is 11.1 Å². The fraction of sp³-hybridized carbons (Fsp3) is 0.500. The van der Waals surface area contributed by atoms with E-state index < -0.39 is 0 Å². The first-order valence-corrected chi connectivity index (χ1v) is 6.64. The van der Waals surface area contributed by atoms with Crippen LogP contribution in [0, 0.1) is 0 Å². The van der Waals surface area contributed by atoms with Gasteiger partial charge in [-0.3, -0.25) is 0 Å². The molecule has 0 amide bonds. The van der Waals surface area contributed by atoms with E-state index in [0.717, 1.165) is 5.82 Å². The third kappa shape index (κ3) is 3.17. The van der Waals surface area contributed by atoms with Crippen LogP contribution in [-0.4, -0.2) is 27.3 Å². The molecule has 1 N–H and O–H groups in total. The molecule has 0 fully saturated rings. The Morgan fingerprint density at radius 1 is 1.16 bits per heavy atom. The molecule has 0 radical (unpaired) electrons. The zero-order chi connectivity index (χ0) is 13.8. The quantitative estimate of drug-likeness (QED) is 0.893. The summed E-state index contributed by atoms with van der Waals surface area (Å²) in [7, 11) is 1.90. The molecule has 0 aliphatic heterocycles. The molecule has 0 aliphatic carbocycles. The van der Waals surface area contributed by atoms with Gasteiger partial charge in [-0.2, -0.15) is 0 Å². The summed E-state index contributed by atoms with van der Waals surface area (Å²) in [6, 6.07) is 8.78. The monoisotopic (exact) mass is 259 g/mol. The summed E-state index contributed by atoms with van der Waals surface area (Å²) in [6.07, 6.45) is 0. The fourth-order valence-corrected chi connectivity index (χ4v) is 1.94. The Bertz CT molecular complexity index is 515. The van der Waals surface area contributed by atoms with Gasteiger partial charge in [-0.05, 0) is 41.4 Å². The summed E-state index contributed by atoms with van der Waals surface area (Å²) in [5.41, 5.74) is 2.56. The summed E-state index contributed by atoms with van der Waals surface area (Å²) < 4.78 is 1.84. The van der Waals surface area contributed by atoms with Gasteiger partial charge in [0.2, 0.25) is 0 Å². The number of hydrogen-bond acceptors (Lipinski definition) is 4. The first-order chi connectivity index (χ1) is 9.11. The van der Waals surface area contributed by atoms with E-state index in [9.17, 15) is 0 Å². The molecule has 0 saturated carbocycles. The Morgan fingerprint density at radius 2 is 1.84 bits per heavy atom. The molecule has 5 heteroatoms. The lowest BCUT2D eigenvalue weighted by Crippen LogP contribution is -2.19. The highest BCUT2D eigenvalue weighted by Gasteiger charge is 2.12. The van der Waals surface area contributed by atoms with Crippen molar-refractivity contribution in [2.45, 2.75) is 39.3 Å². The average Bonchev–Trinajstić information content (AvgIpc) is 2.86. The molecule has 5 nitrogen and oxygen atoms in total. The van der Waals surface area contributed by atoms with Crippen LogP contribution in [0.25, 0.3) is 0 Å². The minimum atomic E-state index is 0.143. The first-order valence-electron chi connectivity index (χ1n) is 6.64. The van der Waals surface area contributed by atoms with Crippen LogP contribution in [0.2, 0.25) is 0 Å². The zero-order valence-electron chi connectivity index (χ0n) is 12.0. The van der Waals surface area contributed by atoms with Gasteiger partial charge < -0.3 is 5.32 Å². The van der Waals surface area contributed by atoms with Gasteiger partial charge in [0.25, 0.3) is 0 Å². The van der Waals surface area contributed by atoms with Crippen LogP contribution in [-0.2, 0) is 6.54 Å². The van der Waals surface area contributed by atoms with Crippen molar-refractivity contribution in [3.05, 3.63) is 41.2 Å². The molecule has 1 heterocycles. The second-order valence-corrected chi connectivity index (χ2v) is 5.10. The van der Waals surface area contributed by atoms with Gasteiger partial charge in [-0.15, -0.1) is 5.10 Å². The maximum atomic E-state index is 4.07. The summed E-state index contributed by atoms with van der Waals surface area (Å²) in [6.45, 7) is 7.14. The molecular formula is C14H21N5. The maximum absolute atomic E-state index is 4.07. The molecule has 0 saturated heterocycles. The largest absolute Gasteiger partial charge is 0.311 e. The Hall–Kier alpha value is -1.75. The van der Waals surface area contributed by atoms with Gasteiger partial charge in [0.15, 0.2) is 5.82 Å². The van der Waals surface area contributed by atoms with Crippen molar-refractivity contribution in [3.8, 4) is 0 Å². The standard InChI is InChI=1S/C14H21N5/c1-10(2)13-7-5-12(6-8-13)9-19-14(11(3)15-4)16-17-18-19/h5-8,10-11,15H,9H2,1-4H3. The molecule has 2 rings (SSSR count). The Kier molecular flexibility index (Phi) is 4.27.